The van der Waals surface area contributed by atoms with E-state index in [1.165, 1.54) is 24.2 Å². The first-order valence-electron chi connectivity index (χ1n) is 8.28. The minimum absolute atomic E-state index is 0.00671. The molecule has 1 saturated carbocycles. The van der Waals surface area contributed by atoms with Gasteiger partial charge in [0.2, 0.25) is 5.91 Å². The number of nitrogens with zero attached hydrogens (tertiary/aromatic N) is 1. The Balaban J connectivity index is 1.66. The molecule has 0 unspecified atom stereocenters. The molecule has 1 N–H and O–H groups in total. The molecule has 1 aliphatic rings. The molecule has 0 bridgehead atoms. The van der Waals surface area contributed by atoms with Crippen LogP contribution in [0.25, 0.3) is 6.08 Å². The van der Waals surface area contributed by atoms with E-state index in [0.29, 0.717) is 6.04 Å². The minimum Gasteiger partial charge on any atom is -0.346 e. The number of hydrogen-bond donors (Lipinski definition) is 1. The van der Waals surface area contributed by atoms with Crippen molar-refractivity contribution < 1.29 is 4.79 Å². The lowest BCUT2D eigenvalue weighted by Crippen LogP contribution is -2.24. The normalized spacial score (nSPS) is 15.8. The van der Waals surface area contributed by atoms with Crippen LogP contribution in [0.4, 0.5) is 0 Å². The van der Waals surface area contributed by atoms with Gasteiger partial charge in [0.1, 0.15) is 0 Å². The SMILES string of the molecule is Cc1cc(/C=C/C(=O)N[C@H](C)c2ccccc2)c(C)n1C1CC1. The molecule has 1 amide bonds. The van der Waals surface area contributed by atoms with Crippen molar-refractivity contribution in [3.05, 3.63) is 65.0 Å². The molecule has 1 aliphatic carbocycles. The Bertz CT molecular complexity index is 724. The second kappa shape index (κ2) is 6.45. The van der Waals surface area contributed by atoms with Crippen LogP contribution in [0.3, 0.4) is 0 Å². The number of hydrogen-bond acceptors (Lipinski definition) is 1. The molecular weight excluding hydrogens is 284 g/mol. The second-order valence-electron chi connectivity index (χ2n) is 6.40. The lowest BCUT2D eigenvalue weighted by Gasteiger charge is -2.12. The number of amides is 1. The summed E-state index contributed by atoms with van der Waals surface area (Å²) in [5.74, 6) is -0.0578. The van der Waals surface area contributed by atoms with Gasteiger partial charge in [-0.2, -0.15) is 0 Å². The molecule has 120 valence electrons. The molecule has 1 aromatic carbocycles. The number of carbonyl (C=O) groups is 1. The first kappa shape index (κ1) is 15.6. The monoisotopic (exact) mass is 308 g/mol. The topological polar surface area (TPSA) is 34.0 Å². The van der Waals surface area contributed by atoms with E-state index >= 15 is 0 Å². The summed E-state index contributed by atoms with van der Waals surface area (Å²) < 4.78 is 2.39. The molecule has 0 aliphatic heterocycles. The second-order valence-corrected chi connectivity index (χ2v) is 6.40. The summed E-state index contributed by atoms with van der Waals surface area (Å²) in [4.78, 5) is 12.1. The van der Waals surface area contributed by atoms with E-state index in [0.717, 1.165) is 11.1 Å². The first-order valence-corrected chi connectivity index (χ1v) is 8.28. The zero-order valence-electron chi connectivity index (χ0n) is 14.0. The number of nitrogens with one attached hydrogen (secondary N) is 1. The molecule has 23 heavy (non-hydrogen) atoms. The molecule has 2 aromatic rings. The van der Waals surface area contributed by atoms with Gasteiger partial charge in [-0.25, -0.2) is 0 Å². The van der Waals surface area contributed by atoms with Crippen LogP contribution in [0.2, 0.25) is 0 Å². The van der Waals surface area contributed by atoms with Crippen molar-refractivity contribution in [1.82, 2.24) is 9.88 Å². The lowest BCUT2D eigenvalue weighted by molar-refractivity contribution is -0.117. The fourth-order valence-corrected chi connectivity index (χ4v) is 3.12. The fraction of sp³-hybridized carbons (Fsp3) is 0.350. The van der Waals surface area contributed by atoms with Crippen LogP contribution in [0, 0.1) is 13.8 Å². The maximum atomic E-state index is 12.1. The zero-order chi connectivity index (χ0) is 16.4. The van der Waals surface area contributed by atoms with Crippen LogP contribution in [0.5, 0.6) is 0 Å². The highest BCUT2D eigenvalue weighted by atomic mass is 16.1. The third kappa shape index (κ3) is 3.55. The van der Waals surface area contributed by atoms with Crippen molar-refractivity contribution in [1.29, 1.82) is 0 Å². The van der Waals surface area contributed by atoms with Crippen molar-refractivity contribution in [3.63, 3.8) is 0 Å². The summed E-state index contributed by atoms with van der Waals surface area (Å²) in [5.41, 5.74) is 4.78. The molecule has 0 spiro atoms. The third-order valence-electron chi connectivity index (χ3n) is 4.51. The Morgan fingerprint density at radius 2 is 1.96 bits per heavy atom. The number of aryl methyl sites for hydroxylation is 1. The van der Waals surface area contributed by atoms with E-state index in [2.05, 4.69) is 29.8 Å². The highest BCUT2D eigenvalue weighted by Gasteiger charge is 2.26. The number of benzene rings is 1. The van der Waals surface area contributed by atoms with Gasteiger partial charge in [-0.3, -0.25) is 4.79 Å². The molecular formula is C20H24N2O. The van der Waals surface area contributed by atoms with Gasteiger partial charge in [0.15, 0.2) is 0 Å². The maximum absolute atomic E-state index is 12.1. The van der Waals surface area contributed by atoms with Crippen LogP contribution in [0.15, 0.2) is 42.5 Å². The van der Waals surface area contributed by atoms with Crippen LogP contribution >= 0.6 is 0 Å². The van der Waals surface area contributed by atoms with Crippen LogP contribution in [0.1, 0.15) is 54.4 Å². The van der Waals surface area contributed by atoms with Gasteiger partial charge in [0, 0.05) is 23.5 Å². The quantitative estimate of drug-likeness (QED) is 0.820. The molecule has 1 aromatic heterocycles. The van der Waals surface area contributed by atoms with Crippen LogP contribution in [-0.4, -0.2) is 10.5 Å². The van der Waals surface area contributed by atoms with Gasteiger partial charge in [0.05, 0.1) is 6.04 Å². The summed E-state index contributed by atoms with van der Waals surface area (Å²) in [5, 5.41) is 3.01. The molecule has 1 heterocycles. The van der Waals surface area contributed by atoms with E-state index in [4.69, 9.17) is 0 Å². The molecule has 3 heteroatoms. The maximum Gasteiger partial charge on any atom is 0.244 e. The van der Waals surface area contributed by atoms with Crippen molar-refractivity contribution in [2.75, 3.05) is 0 Å². The van der Waals surface area contributed by atoms with Crippen molar-refractivity contribution in [3.8, 4) is 0 Å². The Labute approximate surface area is 138 Å². The number of carbonyl (C=O) groups excluding carboxylic acids is 1. The van der Waals surface area contributed by atoms with Gasteiger partial charge in [0.25, 0.3) is 0 Å². The Morgan fingerprint density at radius 3 is 2.61 bits per heavy atom. The van der Waals surface area contributed by atoms with Crippen molar-refractivity contribution in [2.45, 2.75) is 45.7 Å². The summed E-state index contributed by atoms with van der Waals surface area (Å²) in [7, 11) is 0. The summed E-state index contributed by atoms with van der Waals surface area (Å²) in [6.07, 6.45) is 6.11. The number of rotatable bonds is 5. The first-order chi connectivity index (χ1) is 11.1. The summed E-state index contributed by atoms with van der Waals surface area (Å²) in [6, 6.07) is 12.8. The molecule has 1 fully saturated rings. The standard InChI is InChI=1S/C20H24N2O/c1-14-13-18(16(3)22(14)19-10-11-19)9-12-20(23)21-15(2)17-7-5-4-6-8-17/h4-9,12-13,15,19H,10-11H2,1-3H3,(H,21,23)/b12-9+/t15-/m1/s1. The van der Waals surface area contributed by atoms with Crippen molar-refractivity contribution in [2.24, 2.45) is 0 Å². The summed E-state index contributed by atoms with van der Waals surface area (Å²) >= 11 is 0. The van der Waals surface area contributed by atoms with E-state index in [-0.39, 0.29) is 11.9 Å². The molecule has 3 rings (SSSR count). The number of aromatic nitrogens is 1. The highest BCUT2D eigenvalue weighted by molar-refractivity contribution is 5.92. The Hall–Kier alpha value is -2.29. The third-order valence-corrected chi connectivity index (χ3v) is 4.51. The van der Waals surface area contributed by atoms with Crippen molar-refractivity contribution >= 4 is 12.0 Å². The van der Waals surface area contributed by atoms with Gasteiger partial charge in [-0.1, -0.05) is 30.3 Å². The molecule has 1 atom stereocenters. The van der Waals surface area contributed by atoms with E-state index in [1.54, 1.807) is 6.08 Å². The van der Waals surface area contributed by atoms with Gasteiger partial charge in [-0.05, 0) is 56.9 Å². The minimum atomic E-state index is -0.0578. The lowest BCUT2D eigenvalue weighted by atomic mass is 10.1. The fourth-order valence-electron chi connectivity index (χ4n) is 3.12. The Kier molecular flexibility index (Phi) is 4.37. The zero-order valence-corrected chi connectivity index (χ0v) is 14.0. The van der Waals surface area contributed by atoms with Gasteiger partial charge < -0.3 is 9.88 Å². The predicted octanol–water partition coefficient (Wildman–Crippen LogP) is 4.33. The Morgan fingerprint density at radius 1 is 1.26 bits per heavy atom. The average molecular weight is 308 g/mol. The molecule has 0 saturated heterocycles. The van der Waals surface area contributed by atoms with E-state index < -0.39 is 0 Å². The summed E-state index contributed by atoms with van der Waals surface area (Å²) in [6.45, 7) is 6.27. The van der Waals surface area contributed by atoms with Gasteiger partial charge in [-0.15, -0.1) is 0 Å². The van der Waals surface area contributed by atoms with Crippen LogP contribution < -0.4 is 5.32 Å². The highest BCUT2D eigenvalue weighted by Crippen LogP contribution is 2.38. The van der Waals surface area contributed by atoms with E-state index in [1.807, 2.05) is 43.3 Å². The largest absolute Gasteiger partial charge is 0.346 e. The molecule has 3 nitrogen and oxygen atoms in total. The predicted molar refractivity (Wildman–Crippen MR) is 94.2 cm³/mol. The van der Waals surface area contributed by atoms with Crippen LogP contribution in [-0.2, 0) is 4.79 Å². The smallest absolute Gasteiger partial charge is 0.244 e. The molecule has 0 radical (unpaired) electrons. The van der Waals surface area contributed by atoms with E-state index in [9.17, 15) is 4.79 Å². The van der Waals surface area contributed by atoms with Gasteiger partial charge >= 0.3 is 0 Å². The average Bonchev–Trinajstić information content (AvgIpc) is 3.32.